The summed E-state index contributed by atoms with van der Waals surface area (Å²) in [4.78, 5) is 21.5. The molecule has 4 rings (SSSR count). The number of benzene rings is 2. The van der Waals surface area contributed by atoms with Crippen LogP contribution in [0.4, 0.5) is 5.69 Å². The molecule has 2 aromatic carbocycles. The molecule has 0 spiro atoms. The number of fused-ring (bicyclic) bond motifs is 1. The Kier molecular flexibility index (Phi) is 4.66. The van der Waals surface area contributed by atoms with Gasteiger partial charge in [-0.1, -0.05) is 31.2 Å². The molecule has 0 saturated heterocycles. The number of carbonyl (C=O) groups excluding carboxylic acids is 1. The largest absolute Gasteiger partial charge is 0.325 e. The van der Waals surface area contributed by atoms with Gasteiger partial charge in [-0.2, -0.15) is 0 Å². The molecule has 1 N–H and O–H groups in total. The molecule has 0 fully saturated rings. The van der Waals surface area contributed by atoms with Gasteiger partial charge in [0.05, 0.1) is 11.0 Å². The van der Waals surface area contributed by atoms with Crippen LogP contribution < -0.4 is 5.32 Å². The number of para-hydroxylation sites is 2. The van der Waals surface area contributed by atoms with Gasteiger partial charge < -0.3 is 9.88 Å². The van der Waals surface area contributed by atoms with E-state index in [-0.39, 0.29) is 12.5 Å². The van der Waals surface area contributed by atoms with Crippen molar-refractivity contribution >= 4 is 22.6 Å². The average molecular weight is 356 g/mol. The third kappa shape index (κ3) is 3.58. The van der Waals surface area contributed by atoms with Crippen LogP contribution in [-0.2, 0) is 17.8 Å². The lowest BCUT2D eigenvalue weighted by molar-refractivity contribution is -0.116. The van der Waals surface area contributed by atoms with Crippen LogP contribution in [0.1, 0.15) is 12.5 Å². The third-order valence-electron chi connectivity index (χ3n) is 4.54. The van der Waals surface area contributed by atoms with Crippen LogP contribution in [-0.4, -0.2) is 20.4 Å². The maximum Gasteiger partial charge on any atom is 0.244 e. The first-order valence-corrected chi connectivity index (χ1v) is 8.99. The molecule has 0 saturated carbocycles. The molecule has 134 valence electrons. The van der Waals surface area contributed by atoms with Crippen molar-refractivity contribution < 1.29 is 4.79 Å². The standard InChI is InChI=1S/C22H20N4O/c1-2-16-7-9-18(10-8-16)24-21(27)15-26-20-6-4-3-5-19(20)25-22(26)17-11-13-23-14-12-17/h3-14H,2,15H2,1H3,(H,24,27). The normalized spacial score (nSPS) is 10.9. The second-order valence-electron chi connectivity index (χ2n) is 6.34. The Bertz CT molecular complexity index is 1070. The van der Waals surface area contributed by atoms with Gasteiger partial charge >= 0.3 is 0 Å². The number of nitrogens with zero attached hydrogens (tertiary/aromatic N) is 3. The Labute approximate surface area is 157 Å². The number of carbonyl (C=O) groups is 1. The molecule has 0 radical (unpaired) electrons. The first-order chi connectivity index (χ1) is 13.2. The highest BCUT2D eigenvalue weighted by molar-refractivity contribution is 5.92. The Morgan fingerprint density at radius 3 is 2.48 bits per heavy atom. The number of amides is 1. The number of aromatic nitrogens is 3. The molecule has 5 nitrogen and oxygen atoms in total. The summed E-state index contributed by atoms with van der Waals surface area (Å²) >= 11 is 0. The van der Waals surface area contributed by atoms with Crippen molar-refractivity contribution in [2.75, 3.05) is 5.32 Å². The van der Waals surface area contributed by atoms with Crippen molar-refractivity contribution in [3.63, 3.8) is 0 Å². The van der Waals surface area contributed by atoms with Crippen LogP contribution in [0.3, 0.4) is 0 Å². The molecule has 0 atom stereocenters. The summed E-state index contributed by atoms with van der Waals surface area (Å²) in [5.74, 6) is 0.674. The fraction of sp³-hybridized carbons (Fsp3) is 0.136. The summed E-state index contributed by atoms with van der Waals surface area (Å²) in [6, 6.07) is 19.6. The molecule has 5 heteroatoms. The van der Waals surface area contributed by atoms with Crippen molar-refractivity contribution in [2.24, 2.45) is 0 Å². The molecular formula is C22H20N4O. The minimum Gasteiger partial charge on any atom is -0.325 e. The zero-order valence-electron chi connectivity index (χ0n) is 15.1. The zero-order valence-corrected chi connectivity index (χ0v) is 15.1. The van der Waals surface area contributed by atoms with Crippen LogP contribution in [0.25, 0.3) is 22.4 Å². The summed E-state index contributed by atoms with van der Waals surface area (Å²) in [5, 5.41) is 2.97. The SMILES string of the molecule is CCc1ccc(NC(=O)Cn2c(-c3ccncc3)nc3ccccc32)cc1. The molecule has 0 bridgehead atoms. The van der Waals surface area contributed by atoms with Gasteiger partial charge in [0, 0.05) is 23.6 Å². The minimum atomic E-state index is -0.0855. The van der Waals surface area contributed by atoms with Crippen LogP contribution in [0.15, 0.2) is 73.1 Å². The number of hydrogen-bond acceptors (Lipinski definition) is 3. The molecular weight excluding hydrogens is 336 g/mol. The van der Waals surface area contributed by atoms with E-state index in [0.717, 1.165) is 34.5 Å². The predicted molar refractivity (Wildman–Crippen MR) is 107 cm³/mol. The van der Waals surface area contributed by atoms with Gasteiger partial charge in [-0.3, -0.25) is 9.78 Å². The fourth-order valence-corrected chi connectivity index (χ4v) is 3.12. The van der Waals surface area contributed by atoms with Gasteiger partial charge in [0.2, 0.25) is 5.91 Å². The predicted octanol–water partition coefficient (Wildman–Crippen LogP) is 4.30. The molecule has 27 heavy (non-hydrogen) atoms. The second kappa shape index (κ2) is 7.41. The second-order valence-corrected chi connectivity index (χ2v) is 6.34. The first-order valence-electron chi connectivity index (χ1n) is 8.99. The summed E-state index contributed by atoms with van der Waals surface area (Å²) < 4.78 is 1.94. The lowest BCUT2D eigenvalue weighted by Gasteiger charge is -2.10. The number of anilines is 1. The lowest BCUT2D eigenvalue weighted by Crippen LogP contribution is -2.19. The molecule has 4 aromatic rings. The molecule has 0 aliphatic heterocycles. The number of imidazole rings is 1. The highest BCUT2D eigenvalue weighted by atomic mass is 16.1. The zero-order chi connectivity index (χ0) is 18.6. The molecule has 0 aliphatic rings. The van der Waals surface area contributed by atoms with E-state index < -0.39 is 0 Å². The topological polar surface area (TPSA) is 59.8 Å². The van der Waals surface area contributed by atoms with E-state index in [1.165, 1.54) is 5.56 Å². The highest BCUT2D eigenvalue weighted by Gasteiger charge is 2.15. The number of nitrogens with one attached hydrogen (secondary N) is 1. The van der Waals surface area contributed by atoms with Crippen molar-refractivity contribution in [1.82, 2.24) is 14.5 Å². The number of aryl methyl sites for hydroxylation is 1. The van der Waals surface area contributed by atoms with Gasteiger partial charge in [-0.15, -0.1) is 0 Å². The highest BCUT2D eigenvalue weighted by Crippen LogP contribution is 2.24. The summed E-state index contributed by atoms with van der Waals surface area (Å²) in [7, 11) is 0. The average Bonchev–Trinajstić information content (AvgIpc) is 3.08. The van der Waals surface area contributed by atoms with E-state index in [1.54, 1.807) is 12.4 Å². The van der Waals surface area contributed by atoms with Crippen LogP contribution in [0.5, 0.6) is 0 Å². The number of hydrogen-bond donors (Lipinski definition) is 1. The molecule has 2 heterocycles. The van der Waals surface area contributed by atoms with Crippen molar-refractivity contribution in [3.8, 4) is 11.4 Å². The van der Waals surface area contributed by atoms with E-state index in [1.807, 2.05) is 65.2 Å². The Balaban J connectivity index is 1.65. The maximum atomic E-state index is 12.7. The molecule has 0 aliphatic carbocycles. The van der Waals surface area contributed by atoms with E-state index in [2.05, 4.69) is 17.2 Å². The Morgan fingerprint density at radius 2 is 1.74 bits per heavy atom. The van der Waals surface area contributed by atoms with E-state index in [9.17, 15) is 4.79 Å². The number of rotatable bonds is 5. The van der Waals surface area contributed by atoms with Crippen LogP contribution in [0.2, 0.25) is 0 Å². The van der Waals surface area contributed by atoms with Crippen molar-refractivity contribution in [2.45, 2.75) is 19.9 Å². The third-order valence-corrected chi connectivity index (χ3v) is 4.54. The van der Waals surface area contributed by atoms with Crippen molar-refractivity contribution in [3.05, 3.63) is 78.6 Å². The first kappa shape index (κ1) is 17.0. The van der Waals surface area contributed by atoms with E-state index >= 15 is 0 Å². The fourth-order valence-electron chi connectivity index (χ4n) is 3.12. The summed E-state index contributed by atoms with van der Waals surface area (Å²) in [6.07, 6.45) is 4.44. The minimum absolute atomic E-state index is 0.0855. The van der Waals surface area contributed by atoms with Gasteiger partial charge in [0.1, 0.15) is 12.4 Å². The summed E-state index contributed by atoms with van der Waals surface area (Å²) in [6.45, 7) is 2.30. The van der Waals surface area contributed by atoms with Gasteiger partial charge in [-0.25, -0.2) is 4.98 Å². The Hall–Kier alpha value is -3.47. The number of pyridine rings is 1. The van der Waals surface area contributed by atoms with Crippen LogP contribution >= 0.6 is 0 Å². The molecule has 2 aromatic heterocycles. The van der Waals surface area contributed by atoms with Gasteiger partial charge in [-0.05, 0) is 48.4 Å². The van der Waals surface area contributed by atoms with Crippen molar-refractivity contribution in [1.29, 1.82) is 0 Å². The van der Waals surface area contributed by atoms with E-state index in [0.29, 0.717) is 0 Å². The molecule has 1 amide bonds. The summed E-state index contributed by atoms with van der Waals surface area (Å²) in [5.41, 5.74) is 4.77. The smallest absolute Gasteiger partial charge is 0.244 e. The van der Waals surface area contributed by atoms with Gasteiger partial charge in [0.15, 0.2) is 0 Å². The maximum absolute atomic E-state index is 12.7. The quantitative estimate of drug-likeness (QED) is 0.580. The monoisotopic (exact) mass is 356 g/mol. The lowest BCUT2D eigenvalue weighted by atomic mass is 10.1. The Morgan fingerprint density at radius 1 is 1.00 bits per heavy atom. The van der Waals surface area contributed by atoms with Crippen LogP contribution in [0, 0.1) is 0 Å². The molecule has 0 unspecified atom stereocenters. The van der Waals surface area contributed by atoms with Gasteiger partial charge in [0.25, 0.3) is 0 Å². The van der Waals surface area contributed by atoms with E-state index in [4.69, 9.17) is 4.98 Å².